The van der Waals surface area contributed by atoms with Crippen LogP contribution in [-0.4, -0.2) is 70.8 Å². The van der Waals surface area contributed by atoms with Crippen molar-refractivity contribution in [3.8, 4) is 16.9 Å². The van der Waals surface area contributed by atoms with Gasteiger partial charge >= 0.3 is 0 Å². The van der Waals surface area contributed by atoms with E-state index in [4.69, 9.17) is 16.7 Å². The Balaban J connectivity index is 1.49. The first-order chi connectivity index (χ1) is 15.5. The molecular weight excluding hydrogens is 428 g/mol. The summed E-state index contributed by atoms with van der Waals surface area (Å²) in [6.07, 6.45) is 0. The summed E-state index contributed by atoms with van der Waals surface area (Å²) >= 11 is 6.03. The third kappa shape index (κ3) is 5.52. The minimum Gasteiger partial charge on any atom is -0.310 e. The van der Waals surface area contributed by atoms with Crippen molar-refractivity contribution >= 4 is 17.3 Å². The Labute approximate surface area is 192 Å². The second-order valence-corrected chi connectivity index (χ2v) is 8.47. The lowest BCUT2D eigenvalue weighted by Crippen LogP contribution is -2.46. The first-order valence-corrected chi connectivity index (χ1v) is 11.1. The van der Waals surface area contributed by atoms with E-state index in [2.05, 4.69) is 22.2 Å². The van der Waals surface area contributed by atoms with Crippen molar-refractivity contribution in [2.45, 2.75) is 6.54 Å². The normalized spacial score (nSPS) is 15.2. The van der Waals surface area contributed by atoms with E-state index in [0.29, 0.717) is 11.6 Å². The Hall–Kier alpha value is -2.78. The molecule has 4 rings (SSSR count). The van der Waals surface area contributed by atoms with Crippen molar-refractivity contribution in [1.29, 1.82) is 0 Å². The molecule has 1 N–H and O–H groups in total. The minimum absolute atomic E-state index is 0.0608. The monoisotopic (exact) mass is 454 g/mol. The fourth-order valence-corrected chi connectivity index (χ4v) is 3.90. The summed E-state index contributed by atoms with van der Waals surface area (Å²) in [7, 11) is 2.16. The van der Waals surface area contributed by atoms with Crippen molar-refractivity contribution < 1.29 is 4.92 Å². The van der Waals surface area contributed by atoms with Gasteiger partial charge in [-0.05, 0) is 37.4 Å². The average molecular weight is 455 g/mol. The molecule has 0 saturated carbocycles. The second-order valence-electron chi connectivity index (χ2n) is 8.03. The molecule has 0 amide bonds. The third-order valence-electron chi connectivity index (χ3n) is 5.74. The molecule has 0 bridgehead atoms. The van der Waals surface area contributed by atoms with Crippen molar-refractivity contribution in [3.05, 3.63) is 75.4 Å². The van der Waals surface area contributed by atoms with E-state index < -0.39 is 4.92 Å². The summed E-state index contributed by atoms with van der Waals surface area (Å²) in [6, 6.07) is 16.1. The number of halogens is 1. The zero-order valence-corrected chi connectivity index (χ0v) is 18.8. The smallest absolute Gasteiger partial charge is 0.269 e. The zero-order valence-electron chi connectivity index (χ0n) is 18.1. The Morgan fingerprint density at radius 1 is 1.06 bits per heavy atom. The van der Waals surface area contributed by atoms with Gasteiger partial charge in [0.1, 0.15) is 0 Å². The molecule has 1 aliphatic rings. The van der Waals surface area contributed by atoms with E-state index in [-0.39, 0.29) is 5.69 Å². The lowest BCUT2D eigenvalue weighted by atomic mass is 10.1. The van der Waals surface area contributed by atoms with Gasteiger partial charge in [0, 0.05) is 68.5 Å². The van der Waals surface area contributed by atoms with Crippen LogP contribution in [0.5, 0.6) is 0 Å². The summed E-state index contributed by atoms with van der Waals surface area (Å²) in [6.45, 7) is 6.94. The number of likely N-dealkylation sites (N-methyl/N-ethyl adjacent to an activating group) is 1. The Morgan fingerprint density at radius 2 is 1.75 bits per heavy atom. The number of hydrogen-bond donors (Lipinski definition) is 1. The molecule has 8 nitrogen and oxygen atoms in total. The van der Waals surface area contributed by atoms with Gasteiger partial charge in [-0.15, -0.1) is 0 Å². The number of nitrogens with one attached hydrogen (secondary N) is 1. The van der Waals surface area contributed by atoms with Crippen LogP contribution in [0.1, 0.15) is 5.69 Å². The molecule has 3 aromatic rings. The van der Waals surface area contributed by atoms with Crippen LogP contribution in [0.15, 0.2) is 54.6 Å². The molecule has 1 aliphatic heterocycles. The molecule has 2 aromatic carbocycles. The van der Waals surface area contributed by atoms with Crippen LogP contribution >= 0.6 is 11.6 Å². The van der Waals surface area contributed by atoms with Crippen LogP contribution in [0.3, 0.4) is 0 Å². The van der Waals surface area contributed by atoms with E-state index in [1.165, 1.54) is 12.1 Å². The van der Waals surface area contributed by atoms with Gasteiger partial charge in [0.2, 0.25) is 0 Å². The maximum atomic E-state index is 11.0. The molecule has 0 aliphatic carbocycles. The summed E-state index contributed by atoms with van der Waals surface area (Å²) in [4.78, 5) is 15.4. The number of non-ortho nitro benzene ring substituents is 1. The van der Waals surface area contributed by atoms with Gasteiger partial charge in [0.05, 0.1) is 22.0 Å². The average Bonchev–Trinajstić information content (AvgIpc) is 3.22. The number of benzene rings is 2. The van der Waals surface area contributed by atoms with Gasteiger partial charge in [-0.2, -0.15) is 5.10 Å². The van der Waals surface area contributed by atoms with Gasteiger partial charge in [0.15, 0.2) is 0 Å². The Morgan fingerprint density at radius 3 is 2.41 bits per heavy atom. The fraction of sp³-hybridized carbons (Fsp3) is 0.348. The number of rotatable bonds is 8. The molecule has 2 heterocycles. The van der Waals surface area contributed by atoms with E-state index in [9.17, 15) is 10.1 Å². The van der Waals surface area contributed by atoms with Gasteiger partial charge in [-0.25, -0.2) is 4.68 Å². The maximum Gasteiger partial charge on any atom is 0.269 e. The first kappa shape index (κ1) is 22.4. The highest BCUT2D eigenvalue weighted by Crippen LogP contribution is 2.24. The summed E-state index contributed by atoms with van der Waals surface area (Å²) in [5, 5.41) is 20.0. The van der Waals surface area contributed by atoms with Gasteiger partial charge < -0.3 is 10.2 Å². The third-order valence-corrected chi connectivity index (χ3v) is 5.99. The zero-order chi connectivity index (χ0) is 22.5. The number of aromatic nitrogens is 2. The van der Waals surface area contributed by atoms with Crippen LogP contribution in [0.4, 0.5) is 5.69 Å². The molecule has 32 heavy (non-hydrogen) atoms. The van der Waals surface area contributed by atoms with Gasteiger partial charge in [-0.1, -0.05) is 23.7 Å². The largest absolute Gasteiger partial charge is 0.310 e. The number of nitro groups is 1. The van der Waals surface area contributed by atoms with E-state index in [1.54, 1.807) is 12.1 Å². The number of piperazine rings is 1. The first-order valence-electron chi connectivity index (χ1n) is 10.7. The van der Waals surface area contributed by atoms with Crippen molar-refractivity contribution in [2.24, 2.45) is 0 Å². The second kappa shape index (κ2) is 10.2. The lowest BCUT2D eigenvalue weighted by Gasteiger charge is -2.32. The van der Waals surface area contributed by atoms with Crippen molar-refractivity contribution in [3.63, 3.8) is 0 Å². The van der Waals surface area contributed by atoms with Gasteiger partial charge in [0.25, 0.3) is 5.69 Å². The topological polar surface area (TPSA) is 79.5 Å². The highest BCUT2D eigenvalue weighted by Gasteiger charge is 2.15. The van der Waals surface area contributed by atoms with Crippen molar-refractivity contribution in [2.75, 3.05) is 46.3 Å². The molecule has 1 aromatic heterocycles. The number of nitro benzene ring substituents is 1. The number of hydrogen-bond acceptors (Lipinski definition) is 6. The van der Waals surface area contributed by atoms with Crippen LogP contribution in [0, 0.1) is 10.1 Å². The summed E-state index contributed by atoms with van der Waals surface area (Å²) < 4.78 is 1.84. The van der Waals surface area contributed by atoms with Crippen LogP contribution in [0.2, 0.25) is 5.02 Å². The lowest BCUT2D eigenvalue weighted by molar-refractivity contribution is -0.384. The number of nitrogens with zero attached hydrogens (tertiary/aromatic N) is 5. The predicted molar refractivity (Wildman–Crippen MR) is 126 cm³/mol. The van der Waals surface area contributed by atoms with Crippen LogP contribution in [-0.2, 0) is 6.54 Å². The molecule has 9 heteroatoms. The molecule has 1 fully saturated rings. The molecule has 168 valence electrons. The fourth-order valence-electron chi connectivity index (χ4n) is 3.77. The molecule has 0 unspecified atom stereocenters. The van der Waals surface area contributed by atoms with E-state index in [0.717, 1.165) is 61.9 Å². The maximum absolute atomic E-state index is 11.0. The molecule has 0 radical (unpaired) electrons. The Kier molecular flexibility index (Phi) is 7.16. The van der Waals surface area contributed by atoms with E-state index in [1.807, 2.05) is 35.0 Å². The molecule has 0 spiro atoms. The predicted octanol–water partition coefficient (Wildman–Crippen LogP) is 3.44. The van der Waals surface area contributed by atoms with Crippen molar-refractivity contribution in [1.82, 2.24) is 24.9 Å². The summed E-state index contributed by atoms with van der Waals surface area (Å²) in [5.41, 5.74) is 3.63. The molecule has 0 atom stereocenters. The van der Waals surface area contributed by atoms with Crippen LogP contribution in [0.25, 0.3) is 16.9 Å². The van der Waals surface area contributed by atoms with E-state index >= 15 is 0 Å². The quantitative estimate of drug-likeness (QED) is 0.319. The molecular formula is C23H27ClN6O2. The van der Waals surface area contributed by atoms with Gasteiger partial charge in [-0.3, -0.25) is 15.0 Å². The standard InChI is InChI=1S/C23H27ClN6O2/c1-27-12-14-28(15-13-27)11-10-25-17-22-16-23(18-2-4-19(24)5-3-18)26-29(22)20-6-8-21(9-7-20)30(31)32/h2-9,16,25H,10-15,17H2,1H3. The minimum atomic E-state index is -0.396. The molecule has 1 saturated heterocycles. The Bertz CT molecular complexity index is 1040. The summed E-state index contributed by atoms with van der Waals surface area (Å²) in [5.74, 6) is 0. The SMILES string of the molecule is CN1CCN(CCNCc2cc(-c3ccc(Cl)cc3)nn2-c2ccc([N+](=O)[O-])cc2)CC1. The highest BCUT2D eigenvalue weighted by atomic mass is 35.5. The van der Waals surface area contributed by atoms with Crippen LogP contribution < -0.4 is 5.32 Å². The highest BCUT2D eigenvalue weighted by molar-refractivity contribution is 6.30.